The minimum Gasteiger partial charge on any atom is -0.493 e. The number of ether oxygens (including phenoxy) is 1. The highest BCUT2D eigenvalue weighted by atomic mass is 32.2. The van der Waals surface area contributed by atoms with Crippen LogP contribution in [0.5, 0.6) is 5.75 Å². The van der Waals surface area contributed by atoms with Gasteiger partial charge in [0.1, 0.15) is 11.6 Å². The molecule has 0 aliphatic carbocycles. The molecule has 0 saturated carbocycles. The molecular weight excluding hydrogens is 369 g/mol. The van der Waals surface area contributed by atoms with Crippen LogP contribution in [0.4, 0.5) is 4.39 Å². The van der Waals surface area contributed by atoms with Crippen molar-refractivity contribution in [3.8, 4) is 5.75 Å². The molecule has 1 heterocycles. The van der Waals surface area contributed by atoms with E-state index in [1.54, 1.807) is 12.1 Å². The minimum absolute atomic E-state index is 0.0649. The summed E-state index contributed by atoms with van der Waals surface area (Å²) in [5, 5.41) is 0. The van der Waals surface area contributed by atoms with E-state index in [0.717, 1.165) is 12.8 Å². The fraction of sp³-hybridized carbons (Fsp3) is 0.350. The van der Waals surface area contributed by atoms with Crippen LogP contribution in [0, 0.1) is 11.7 Å². The summed E-state index contributed by atoms with van der Waals surface area (Å²) in [7, 11) is -3.61. The third-order valence-electron chi connectivity index (χ3n) is 4.68. The molecule has 0 N–H and O–H groups in total. The fourth-order valence-electron chi connectivity index (χ4n) is 3.14. The van der Waals surface area contributed by atoms with Crippen LogP contribution in [0.15, 0.2) is 53.4 Å². The largest absolute Gasteiger partial charge is 0.493 e. The molecule has 1 aliphatic rings. The molecule has 0 aromatic heterocycles. The van der Waals surface area contributed by atoms with Crippen LogP contribution in [0.2, 0.25) is 0 Å². The molecule has 0 amide bonds. The lowest BCUT2D eigenvalue weighted by molar-refractivity contribution is 0.101. The van der Waals surface area contributed by atoms with Crippen molar-refractivity contribution < 1.29 is 22.3 Å². The van der Waals surface area contributed by atoms with Crippen molar-refractivity contribution in [1.82, 2.24) is 4.31 Å². The number of carbonyl (C=O) groups excluding carboxylic acids is 1. The van der Waals surface area contributed by atoms with Crippen LogP contribution >= 0.6 is 0 Å². The maximum absolute atomic E-state index is 12.9. The van der Waals surface area contributed by atoms with Gasteiger partial charge in [0.2, 0.25) is 10.0 Å². The molecule has 144 valence electrons. The second-order valence-corrected chi connectivity index (χ2v) is 8.65. The van der Waals surface area contributed by atoms with Crippen molar-refractivity contribution in [3.63, 3.8) is 0 Å². The molecule has 0 radical (unpaired) electrons. The van der Waals surface area contributed by atoms with Crippen LogP contribution < -0.4 is 4.74 Å². The summed E-state index contributed by atoms with van der Waals surface area (Å²) in [6.45, 7) is 2.66. The second-order valence-electron chi connectivity index (χ2n) is 6.72. The summed E-state index contributed by atoms with van der Waals surface area (Å²) in [5.74, 6) is 0.203. The van der Waals surface area contributed by atoms with Crippen LogP contribution in [0.3, 0.4) is 0 Å². The molecule has 2 aromatic carbocycles. The number of piperidine rings is 1. The number of sulfonamides is 1. The number of ketones is 1. The van der Waals surface area contributed by atoms with Crippen molar-refractivity contribution >= 4 is 15.8 Å². The van der Waals surface area contributed by atoms with Gasteiger partial charge < -0.3 is 4.74 Å². The van der Waals surface area contributed by atoms with Gasteiger partial charge in [-0.2, -0.15) is 4.31 Å². The average molecular weight is 391 g/mol. The lowest BCUT2D eigenvalue weighted by Crippen LogP contribution is -2.41. The van der Waals surface area contributed by atoms with Gasteiger partial charge in [-0.15, -0.1) is 0 Å². The van der Waals surface area contributed by atoms with Crippen molar-refractivity contribution in [2.45, 2.75) is 24.7 Å². The summed E-state index contributed by atoms with van der Waals surface area (Å²) in [6.07, 6.45) is 1.62. The number of Topliss-reactive ketones (excluding diaryl/α,β-unsaturated/α-hetero) is 1. The van der Waals surface area contributed by atoms with E-state index in [-0.39, 0.29) is 22.4 Å². The van der Waals surface area contributed by atoms with E-state index in [1.807, 2.05) is 0 Å². The van der Waals surface area contributed by atoms with Gasteiger partial charge in [-0.25, -0.2) is 12.8 Å². The molecule has 5 nitrogen and oxygen atoms in total. The summed E-state index contributed by atoms with van der Waals surface area (Å²) in [5.41, 5.74) is 0.484. The van der Waals surface area contributed by atoms with Crippen LogP contribution in [0.25, 0.3) is 0 Å². The summed E-state index contributed by atoms with van der Waals surface area (Å²) in [6, 6.07) is 11.8. The van der Waals surface area contributed by atoms with E-state index in [9.17, 15) is 17.6 Å². The maximum atomic E-state index is 12.9. The summed E-state index contributed by atoms with van der Waals surface area (Å²) < 4.78 is 45.9. The Labute approximate surface area is 158 Å². The van der Waals surface area contributed by atoms with Crippen molar-refractivity contribution in [1.29, 1.82) is 0 Å². The molecule has 3 rings (SSSR count). The van der Waals surface area contributed by atoms with E-state index in [0.29, 0.717) is 31.0 Å². The minimum atomic E-state index is -3.61. The number of benzene rings is 2. The zero-order valence-corrected chi connectivity index (χ0v) is 15.9. The molecule has 1 unspecified atom stereocenters. The first-order valence-electron chi connectivity index (χ1n) is 8.86. The number of rotatable bonds is 6. The molecule has 7 heteroatoms. The Hall–Kier alpha value is -2.25. The van der Waals surface area contributed by atoms with Gasteiger partial charge in [-0.05, 0) is 56.2 Å². The van der Waals surface area contributed by atoms with E-state index in [4.69, 9.17) is 4.74 Å². The van der Waals surface area contributed by atoms with E-state index in [2.05, 4.69) is 0 Å². The van der Waals surface area contributed by atoms with Gasteiger partial charge in [-0.1, -0.05) is 12.1 Å². The zero-order valence-electron chi connectivity index (χ0n) is 15.1. The lowest BCUT2D eigenvalue weighted by Gasteiger charge is -2.31. The molecule has 1 atom stereocenters. The summed E-state index contributed by atoms with van der Waals surface area (Å²) >= 11 is 0. The number of halogens is 1. The van der Waals surface area contributed by atoms with E-state index in [1.165, 1.54) is 47.6 Å². The highest BCUT2D eigenvalue weighted by molar-refractivity contribution is 7.89. The standard InChI is InChI=1S/C20H22FNO4S/c1-15(23)17-4-10-20(11-5-17)27(24,25)22-12-2-3-16(13-22)14-26-19-8-6-18(21)7-9-19/h4-11,16H,2-3,12-14H2,1H3. The van der Waals surface area contributed by atoms with Crippen LogP contribution in [-0.4, -0.2) is 38.2 Å². The zero-order chi connectivity index (χ0) is 19.4. The number of hydrogen-bond acceptors (Lipinski definition) is 4. The first-order valence-corrected chi connectivity index (χ1v) is 10.3. The third-order valence-corrected chi connectivity index (χ3v) is 6.56. The first kappa shape index (κ1) is 19.5. The molecule has 1 saturated heterocycles. The van der Waals surface area contributed by atoms with Crippen molar-refractivity contribution in [2.24, 2.45) is 5.92 Å². The SMILES string of the molecule is CC(=O)c1ccc(S(=O)(=O)N2CCCC(COc3ccc(F)cc3)C2)cc1. The Bertz CT molecular complexity index is 895. The fourth-order valence-corrected chi connectivity index (χ4v) is 4.69. The topological polar surface area (TPSA) is 63.7 Å². The van der Waals surface area contributed by atoms with E-state index >= 15 is 0 Å². The predicted molar refractivity (Wildman–Crippen MR) is 99.8 cm³/mol. The molecule has 2 aromatic rings. The van der Waals surface area contributed by atoms with Crippen LogP contribution in [0.1, 0.15) is 30.1 Å². The van der Waals surface area contributed by atoms with Gasteiger partial charge in [0.15, 0.2) is 5.78 Å². The quantitative estimate of drug-likeness (QED) is 0.707. The number of nitrogens with zero attached hydrogens (tertiary/aromatic N) is 1. The molecule has 1 aliphatic heterocycles. The van der Waals surface area contributed by atoms with Gasteiger partial charge >= 0.3 is 0 Å². The van der Waals surface area contributed by atoms with Gasteiger partial charge in [0, 0.05) is 24.6 Å². The van der Waals surface area contributed by atoms with Gasteiger partial charge in [0.05, 0.1) is 11.5 Å². The Balaban J connectivity index is 1.65. The predicted octanol–water partition coefficient (Wildman–Crippen LogP) is 3.51. The molecular formula is C20H22FNO4S. The van der Waals surface area contributed by atoms with Gasteiger partial charge in [-0.3, -0.25) is 4.79 Å². The molecule has 27 heavy (non-hydrogen) atoms. The molecule has 0 bridgehead atoms. The first-order chi connectivity index (χ1) is 12.9. The smallest absolute Gasteiger partial charge is 0.243 e. The third kappa shape index (κ3) is 4.73. The Morgan fingerprint density at radius 2 is 1.81 bits per heavy atom. The lowest BCUT2D eigenvalue weighted by atomic mass is 10.0. The maximum Gasteiger partial charge on any atom is 0.243 e. The Kier molecular flexibility index (Phi) is 5.92. The summed E-state index contributed by atoms with van der Waals surface area (Å²) in [4.78, 5) is 11.6. The highest BCUT2D eigenvalue weighted by Crippen LogP contribution is 2.25. The molecule has 0 spiro atoms. The monoisotopic (exact) mass is 391 g/mol. The second kappa shape index (κ2) is 8.19. The van der Waals surface area contributed by atoms with Crippen LogP contribution in [-0.2, 0) is 10.0 Å². The van der Waals surface area contributed by atoms with Gasteiger partial charge in [0.25, 0.3) is 0 Å². The van der Waals surface area contributed by atoms with Crippen molar-refractivity contribution in [3.05, 3.63) is 59.9 Å². The highest BCUT2D eigenvalue weighted by Gasteiger charge is 2.30. The Morgan fingerprint density at radius 3 is 2.44 bits per heavy atom. The number of carbonyl (C=O) groups is 1. The Morgan fingerprint density at radius 1 is 1.15 bits per heavy atom. The van der Waals surface area contributed by atoms with E-state index < -0.39 is 10.0 Å². The van der Waals surface area contributed by atoms with Crippen molar-refractivity contribution in [2.75, 3.05) is 19.7 Å². The normalized spacial score (nSPS) is 18.2. The molecule has 1 fully saturated rings. The average Bonchev–Trinajstić information content (AvgIpc) is 2.68. The number of hydrogen-bond donors (Lipinski definition) is 0.